The maximum absolute atomic E-state index is 11.7. The first kappa shape index (κ1) is 28.1. The van der Waals surface area contributed by atoms with E-state index in [-0.39, 0.29) is 23.7 Å². The van der Waals surface area contributed by atoms with E-state index in [9.17, 15) is 10.2 Å². The van der Waals surface area contributed by atoms with Crippen molar-refractivity contribution in [2.75, 3.05) is 0 Å². The molecule has 0 bridgehead atoms. The van der Waals surface area contributed by atoms with Crippen molar-refractivity contribution in [2.45, 2.75) is 64.6 Å². The number of hydrogen-bond donors (Lipinski definition) is 2. The second-order valence-electron chi connectivity index (χ2n) is 12.4. The molecule has 2 N–H and O–H groups in total. The molecule has 0 heterocycles. The van der Waals surface area contributed by atoms with Gasteiger partial charge in [0, 0.05) is 11.8 Å². The van der Waals surface area contributed by atoms with E-state index in [4.69, 9.17) is 0 Å². The second kappa shape index (κ2) is 10.8. The van der Waals surface area contributed by atoms with E-state index < -0.39 is 11.2 Å². The van der Waals surface area contributed by atoms with Crippen molar-refractivity contribution in [1.82, 2.24) is 0 Å². The molecule has 0 aromatic heterocycles. The molecule has 0 saturated heterocycles. The number of benzene rings is 3. The Bertz CT molecular complexity index is 1370. The van der Waals surface area contributed by atoms with E-state index in [1.165, 1.54) is 11.1 Å². The third-order valence-electron chi connectivity index (χ3n) is 8.56. The second-order valence-corrected chi connectivity index (χ2v) is 12.4. The van der Waals surface area contributed by atoms with Gasteiger partial charge in [0.15, 0.2) is 0 Å². The fourth-order valence-corrected chi connectivity index (χ4v) is 6.63. The Labute approximate surface area is 240 Å². The Balaban J connectivity index is 1.76. The normalized spacial score (nSPS) is 26.8. The average Bonchev–Trinajstić information content (AvgIpc) is 2.92. The van der Waals surface area contributed by atoms with Crippen molar-refractivity contribution in [3.63, 3.8) is 0 Å². The van der Waals surface area contributed by atoms with E-state index in [1.807, 2.05) is 62.4 Å². The van der Waals surface area contributed by atoms with Crippen molar-refractivity contribution in [2.24, 2.45) is 11.8 Å². The van der Waals surface area contributed by atoms with Gasteiger partial charge in [-0.3, -0.25) is 0 Å². The summed E-state index contributed by atoms with van der Waals surface area (Å²) in [4.78, 5) is 0. The van der Waals surface area contributed by atoms with Crippen LogP contribution in [0, 0.1) is 11.8 Å². The third kappa shape index (κ3) is 5.19. The molecule has 0 fully saturated rings. The molecule has 4 unspecified atom stereocenters. The van der Waals surface area contributed by atoms with E-state index in [2.05, 4.69) is 88.4 Å². The van der Waals surface area contributed by atoms with Crippen LogP contribution in [0.2, 0.25) is 0 Å². The predicted octanol–water partition coefficient (Wildman–Crippen LogP) is 8.72. The van der Waals surface area contributed by atoms with Gasteiger partial charge >= 0.3 is 0 Å². The van der Waals surface area contributed by atoms with Gasteiger partial charge in [-0.2, -0.15) is 0 Å². The van der Waals surface area contributed by atoms with Crippen molar-refractivity contribution in [3.05, 3.63) is 143 Å². The van der Waals surface area contributed by atoms with Crippen LogP contribution in [0.5, 0.6) is 0 Å². The summed E-state index contributed by atoms with van der Waals surface area (Å²) >= 11 is 0. The first-order chi connectivity index (χ1) is 19.0. The molecule has 40 heavy (non-hydrogen) atoms. The zero-order valence-corrected chi connectivity index (χ0v) is 24.6. The summed E-state index contributed by atoms with van der Waals surface area (Å²) in [5, 5.41) is 23.5. The molecule has 206 valence electrons. The summed E-state index contributed by atoms with van der Waals surface area (Å²) in [6.45, 7) is 12.7. The Hall–Kier alpha value is -3.46. The van der Waals surface area contributed by atoms with Gasteiger partial charge in [-0.1, -0.05) is 131 Å². The molecule has 2 nitrogen and oxygen atoms in total. The summed E-state index contributed by atoms with van der Waals surface area (Å²) in [5.74, 6) is 0.171. The van der Waals surface area contributed by atoms with Gasteiger partial charge in [-0.05, 0) is 76.3 Å². The van der Waals surface area contributed by atoms with Crippen molar-refractivity contribution in [1.29, 1.82) is 0 Å². The molecule has 0 aliphatic heterocycles. The fourth-order valence-electron chi connectivity index (χ4n) is 6.63. The van der Waals surface area contributed by atoms with Gasteiger partial charge in [0.2, 0.25) is 0 Å². The molecule has 0 saturated carbocycles. The van der Waals surface area contributed by atoms with E-state index >= 15 is 0 Å². The van der Waals surface area contributed by atoms with Gasteiger partial charge in [0.1, 0.15) is 0 Å². The van der Waals surface area contributed by atoms with Crippen LogP contribution >= 0.6 is 0 Å². The summed E-state index contributed by atoms with van der Waals surface area (Å²) in [5.41, 5.74) is 7.16. The van der Waals surface area contributed by atoms with Crippen molar-refractivity contribution >= 4 is 11.1 Å². The molecular formula is C38H42O2. The highest BCUT2D eigenvalue weighted by molar-refractivity contribution is 5.85. The van der Waals surface area contributed by atoms with Crippen LogP contribution in [-0.2, 0) is 0 Å². The first-order valence-electron chi connectivity index (χ1n) is 14.5. The number of rotatable bonds is 6. The Morgan fingerprint density at radius 1 is 0.550 bits per heavy atom. The quantitative estimate of drug-likeness (QED) is 0.335. The minimum Gasteiger partial charge on any atom is -0.385 e. The zero-order valence-electron chi connectivity index (χ0n) is 24.6. The standard InChI is InChI=1S/C38H42O2/c1-25(2)31-20-22-37(5,39)35(27-14-9-7-10-15-27)33(31)29-18-13-19-30(24-29)34-32(26(3)4)21-23-38(6,40)36(34)28-16-11-8-12-17-28/h7-26,35-36,39-40H,1-6H3. The molecule has 2 heteroatoms. The monoisotopic (exact) mass is 530 g/mol. The van der Waals surface area contributed by atoms with Crippen LogP contribution in [-0.4, -0.2) is 21.4 Å². The highest BCUT2D eigenvalue weighted by atomic mass is 16.3. The maximum atomic E-state index is 11.7. The van der Waals surface area contributed by atoms with E-state index in [0.29, 0.717) is 0 Å². The lowest BCUT2D eigenvalue weighted by Gasteiger charge is -2.40. The molecule has 2 aliphatic rings. The molecule has 3 aromatic rings. The Morgan fingerprint density at radius 2 is 0.925 bits per heavy atom. The van der Waals surface area contributed by atoms with Crippen LogP contribution in [0.1, 0.15) is 75.6 Å². The SMILES string of the molecule is CC(C)C1=C(c2cccc(C3=C(C(C)C)C=CC(C)(O)C3c3ccccc3)c2)C(c2ccccc2)C(C)(O)C=C1. The molecule has 0 radical (unpaired) electrons. The molecule has 0 amide bonds. The summed E-state index contributed by atoms with van der Waals surface area (Å²) in [7, 11) is 0. The van der Waals surface area contributed by atoms with Crippen LogP contribution in [0.4, 0.5) is 0 Å². The minimum atomic E-state index is -1.03. The predicted molar refractivity (Wildman–Crippen MR) is 168 cm³/mol. The lowest BCUT2D eigenvalue weighted by Crippen LogP contribution is -2.35. The molecule has 4 atom stereocenters. The first-order valence-corrected chi connectivity index (χ1v) is 14.5. The molecular weight excluding hydrogens is 488 g/mol. The molecule has 5 rings (SSSR count). The zero-order chi connectivity index (χ0) is 28.7. The van der Waals surface area contributed by atoms with Gasteiger partial charge < -0.3 is 10.2 Å². The summed E-state index contributed by atoms with van der Waals surface area (Å²) in [6, 6.07) is 29.5. The Morgan fingerprint density at radius 3 is 1.27 bits per heavy atom. The lowest BCUT2D eigenvalue weighted by atomic mass is 9.67. The number of hydrogen-bond acceptors (Lipinski definition) is 2. The van der Waals surface area contributed by atoms with Gasteiger partial charge in [-0.25, -0.2) is 0 Å². The van der Waals surface area contributed by atoms with Crippen molar-refractivity contribution < 1.29 is 10.2 Å². The van der Waals surface area contributed by atoms with Gasteiger partial charge in [0.05, 0.1) is 11.2 Å². The lowest BCUT2D eigenvalue weighted by molar-refractivity contribution is 0.0968. The highest BCUT2D eigenvalue weighted by Crippen LogP contribution is 2.50. The van der Waals surface area contributed by atoms with Gasteiger partial charge in [-0.15, -0.1) is 0 Å². The summed E-state index contributed by atoms with van der Waals surface area (Å²) < 4.78 is 0. The molecule has 3 aromatic carbocycles. The third-order valence-corrected chi connectivity index (χ3v) is 8.56. The van der Waals surface area contributed by atoms with Crippen LogP contribution in [0.3, 0.4) is 0 Å². The molecule has 2 aliphatic carbocycles. The smallest absolute Gasteiger partial charge is 0.0911 e. The highest BCUT2D eigenvalue weighted by Gasteiger charge is 2.41. The van der Waals surface area contributed by atoms with E-state index in [1.54, 1.807) is 0 Å². The largest absolute Gasteiger partial charge is 0.385 e. The van der Waals surface area contributed by atoms with E-state index in [0.717, 1.165) is 33.4 Å². The van der Waals surface area contributed by atoms with Gasteiger partial charge in [0.25, 0.3) is 0 Å². The van der Waals surface area contributed by atoms with Crippen LogP contribution < -0.4 is 0 Å². The molecule has 0 spiro atoms. The fraction of sp³-hybridized carbons (Fsp3) is 0.316. The van der Waals surface area contributed by atoms with Crippen LogP contribution in [0.25, 0.3) is 11.1 Å². The minimum absolute atomic E-state index is 0.204. The number of aliphatic hydroxyl groups is 2. The summed E-state index contributed by atoms with van der Waals surface area (Å²) in [6.07, 6.45) is 8.15. The topological polar surface area (TPSA) is 40.5 Å². The number of allylic oxidation sites excluding steroid dienone is 4. The van der Waals surface area contributed by atoms with Crippen molar-refractivity contribution in [3.8, 4) is 0 Å². The maximum Gasteiger partial charge on any atom is 0.0911 e. The Kier molecular flexibility index (Phi) is 7.61. The average molecular weight is 531 g/mol. The van der Waals surface area contributed by atoms with Crippen LogP contribution in [0.15, 0.2) is 120 Å².